The molecule has 0 aliphatic heterocycles. The fraction of sp³-hybridized carbons (Fsp3) is 0.700. The number of hydrogen-bond donors (Lipinski definition) is 2. The number of aliphatic hydroxyl groups excluding tert-OH is 2. The van der Waals surface area contributed by atoms with E-state index in [2.05, 4.69) is 4.74 Å². The number of carbonyl (C=O) groups excluding carboxylic acids is 1. The van der Waals surface area contributed by atoms with Crippen LogP contribution in [0.15, 0.2) is 12.2 Å². The van der Waals surface area contributed by atoms with E-state index >= 15 is 0 Å². The topological polar surface area (TPSA) is 66.8 Å². The Labute approximate surface area is 84.2 Å². The minimum absolute atomic E-state index is 0.302. The average Bonchev–Trinajstić information content (AvgIpc) is 2.15. The van der Waals surface area contributed by atoms with Gasteiger partial charge in [-0.25, -0.2) is 4.79 Å². The van der Waals surface area contributed by atoms with Crippen molar-refractivity contribution < 1.29 is 19.7 Å². The third kappa shape index (κ3) is 5.72. The van der Waals surface area contributed by atoms with Gasteiger partial charge in [-0.2, -0.15) is 0 Å². The van der Waals surface area contributed by atoms with Gasteiger partial charge >= 0.3 is 5.97 Å². The Kier molecular flexibility index (Phi) is 7.06. The molecule has 82 valence electrons. The van der Waals surface area contributed by atoms with Crippen molar-refractivity contribution in [1.29, 1.82) is 0 Å². The first-order chi connectivity index (χ1) is 6.61. The van der Waals surface area contributed by atoms with Gasteiger partial charge in [0.05, 0.1) is 18.8 Å². The van der Waals surface area contributed by atoms with Gasteiger partial charge in [0.2, 0.25) is 0 Å². The Bertz CT molecular complexity index is 189. The summed E-state index contributed by atoms with van der Waals surface area (Å²) in [7, 11) is 0. The summed E-state index contributed by atoms with van der Waals surface area (Å²) >= 11 is 0. The van der Waals surface area contributed by atoms with Crippen LogP contribution in [0.1, 0.15) is 26.7 Å². The van der Waals surface area contributed by atoms with Crippen LogP contribution in [0.2, 0.25) is 0 Å². The second-order valence-corrected chi connectivity index (χ2v) is 2.96. The molecule has 4 heteroatoms. The molecular weight excluding hydrogens is 184 g/mol. The summed E-state index contributed by atoms with van der Waals surface area (Å²) in [5.41, 5.74) is 0. The van der Waals surface area contributed by atoms with Gasteiger partial charge in [-0.15, -0.1) is 0 Å². The Balaban J connectivity index is 3.90. The first-order valence-electron chi connectivity index (χ1n) is 4.82. The fourth-order valence-corrected chi connectivity index (χ4v) is 0.962. The van der Waals surface area contributed by atoms with E-state index in [9.17, 15) is 15.0 Å². The van der Waals surface area contributed by atoms with Crippen molar-refractivity contribution in [3.8, 4) is 0 Å². The predicted octanol–water partition coefficient (Wildman–Crippen LogP) is 0.628. The second kappa shape index (κ2) is 7.53. The van der Waals surface area contributed by atoms with E-state index in [4.69, 9.17) is 0 Å². The maximum absolute atomic E-state index is 10.8. The molecular formula is C10H18O4. The van der Waals surface area contributed by atoms with E-state index in [1.807, 2.05) is 6.92 Å². The summed E-state index contributed by atoms with van der Waals surface area (Å²) in [5, 5.41) is 18.6. The molecule has 2 unspecified atom stereocenters. The van der Waals surface area contributed by atoms with Gasteiger partial charge in [-0.1, -0.05) is 13.3 Å². The van der Waals surface area contributed by atoms with E-state index in [1.54, 1.807) is 6.92 Å². The second-order valence-electron chi connectivity index (χ2n) is 2.96. The van der Waals surface area contributed by atoms with E-state index < -0.39 is 18.2 Å². The number of carbonyl (C=O) groups is 1. The summed E-state index contributed by atoms with van der Waals surface area (Å²) in [6.07, 6.45) is 1.86. The lowest BCUT2D eigenvalue weighted by Crippen LogP contribution is -2.23. The molecule has 0 radical (unpaired) electrons. The van der Waals surface area contributed by atoms with Crippen molar-refractivity contribution >= 4 is 5.97 Å². The van der Waals surface area contributed by atoms with E-state index in [1.165, 1.54) is 6.08 Å². The van der Waals surface area contributed by atoms with Crippen LogP contribution in [0.3, 0.4) is 0 Å². The first-order valence-corrected chi connectivity index (χ1v) is 4.82. The average molecular weight is 202 g/mol. The van der Waals surface area contributed by atoms with Crippen molar-refractivity contribution in [2.45, 2.75) is 38.9 Å². The third-order valence-corrected chi connectivity index (χ3v) is 1.69. The number of aliphatic hydroxyl groups is 2. The lowest BCUT2D eigenvalue weighted by atomic mass is 10.1. The third-order valence-electron chi connectivity index (χ3n) is 1.69. The fourth-order valence-electron chi connectivity index (χ4n) is 0.962. The number of rotatable bonds is 6. The molecule has 0 spiro atoms. The van der Waals surface area contributed by atoms with E-state index in [0.717, 1.165) is 12.5 Å². The van der Waals surface area contributed by atoms with E-state index in [0.29, 0.717) is 13.0 Å². The highest BCUT2D eigenvalue weighted by atomic mass is 16.5. The molecule has 0 fully saturated rings. The monoisotopic (exact) mass is 202 g/mol. The summed E-state index contributed by atoms with van der Waals surface area (Å²) < 4.78 is 4.61. The highest BCUT2D eigenvalue weighted by molar-refractivity contribution is 5.81. The van der Waals surface area contributed by atoms with Crippen molar-refractivity contribution in [2.75, 3.05) is 6.61 Å². The molecule has 0 heterocycles. The van der Waals surface area contributed by atoms with Crippen molar-refractivity contribution in [3.05, 3.63) is 12.2 Å². The minimum atomic E-state index is -1.00. The van der Waals surface area contributed by atoms with Crippen molar-refractivity contribution in [3.63, 3.8) is 0 Å². The molecule has 0 bridgehead atoms. The molecule has 0 saturated carbocycles. The molecule has 0 rings (SSSR count). The summed E-state index contributed by atoms with van der Waals surface area (Å²) in [6.45, 7) is 3.91. The first kappa shape index (κ1) is 13.1. The largest absolute Gasteiger partial charge is 0.463 e. The Hall–Kier alpha value is -0.870. The quantitative estimate of drug-likeness (QED) is 0.489. The Morgan fingerprint density at radius 3 is 2.57 bits per heavy atom. The van der Waals surface area contributed by atoms with Gasteiger partial charge in [0.25, 0.3) is 0 Å². The SMILES string of the molecule is CCCC(O)C(O)C=CC(=O)OCC. The molecule has 2 N–H and O–H groups in total. The normalized spacial score (nSPS) is 15.4. The van der Waals surface area contributed by atoms with Crippen LogP contribution in [0.25, 0.3) is 0 Å². The van der Waals surface area contributed by atoms with Crippen molar-refractivity contribution in [1.82, 2.24) is 0 Å². The van der Waals surface area contributed by atoms with Crippen LogP contribution >= 0.6 is 0 Å². The molecule has 0 saturated heterocycles. The van der Waals surface area contributed by atoms with Gasteiger partial charge in [0, 0.05) is 6.08 Å². The molecule has 4 nitrogen and oxygen atoms in total. The maximum atomic E-state index is 10.8. The maximum Gasteiger partial charge on any atom is 0.330 e. The summed E-state index contributed by atoms with van der Waals surface area (Å²) in [6, 6.07) is 0. The van der Waals surface area contributed by atoms with Gasteiger partial charge in [0.15, 0.2) is 0 Å². The molecule has 0 aliphatic rings. The number of esters is 1. The standard InChI is InChI=1S/C10H18O4/c1-3-5-8(11)9(12)6-7-10(13)14-4-2/h6-9,11-12H,3-5H2,1-2H3. The Morgan fingerprint density at radius 2 is 2.07 bits per heavy atom. The van der Waals surface area contributed by atoms with Gasteiger partial charge < -0.3 is 14.9 Å². The van der Waals surface area contributed by atoms with Gasteiger partial charge in [-0.05, 0) is 19.4 Å². The molecule has 0 aromatic heterocycles. The van der Waals surface area contributed by atoms with Crippen LogP contribution in [-0.2, 0) is 9.53 Å². The van der Waals surface area contributed by atoms with Crippen LogP contribution in [0, 0.1) is 0 Å². The molecule has 2 atom stereocenters. The zero-order valence-electron chi connectivity index (χ0n) is 8.64. The zero-order valence-corrected chi connectivity index (χ0v) is 8.64. The number of ether oxygens (including phenoxy) is 1. The predicted molar refractivity (Wildman–Crippen MR) is 52.7 cm³/mol. The van der Waals surface area contributed by atoms with Crippen LogP contribution in [0.4, 0.5) is 0 Å². The molecule has 0 aromatic carbocycles. The lowest BCUT2D eigenvalue weighted by Gasteiger charge is -2.12. The molecule has 0 aliphatic carbocycles. The van der Waals surface area contributed by atoms with Crippen LogP contribution < -0.4 is 0 Å². The number of hydrogen-bond acceptors (Lipinski definition) is 4. The molecule has 0 aromatic rings. The molecule has 0 amide bonds. The van der Waals surface area contributed by atoms with Crippen LogP contribution in [-0.4, -0.2) is 35.0 Å². The molecule has 14 heavy (non-hydrogen) atoms. The van der Waals surface area contributed by atoms with Crippen molar-refractivity contribution in [2.24, 2.45) is 0 Å². The summed E-state index contributed by atoms with van der Waals surface area (Å²) in [4.78, 5) is 10.8. The Morgan fingerprint density at radius 1 is 1.43 bits per heavy atom. The highest BCUT2D eigenvalue weighted by Gasteiger charge is 2.11. The minimum Gasteiger partial charge on any atom is -0.463 e. The zero-order chi connectivity index (χ0) is 11.0. The smallest absolute Gasteiger partial charge is 0.330 e. The lowest BCUT2D eigenvalue weighted by molar-refractivity contribution is -0.137. The van der Waals surface area contributed by atoms with Crippen LogP contribution in [0.5, 0.6) is 0 Å². The van der Waals surface area contributed by atoms with Gasteiger partial charge in [0.1, 0.15) is 0 Å². The summed E-state index contributed by atoms with van der Waals surface area (Å²) in [5.74, 6) is -0.504. The highest BCUT2D eigenvalue weighted by Crippen LogP contribution is 2.03. The van der Waals surface area contributed by atoms with Gasteiger partial charge in [-0.3, -0.25) is 0 Å². The van der Waals surface area contributed by atoms with E-state index in [-0.39, 0.29) is 0 Å².